The summed E-state index contributed by atoms with van der Waals surface area (Å²) in [4.78, 5) is 34.3. The van der Waals surface area contributed by atoms with Crippen molar-refractivity contribution >= 4 is 16.8 Å². The number of amides is 1. The van der Waals surface area contributed by atoms with Gasteiger partial charge in [0.05, 0.1) is 29.2 Å². The molecule has 6 heteroatoms. The third-order valence-electron chi connectivity index (χ3n) is 6.79. The van der Waals surface area contributed by atoms with Crippen molar-refractivity contribution in [3.05, 3.63) is 106 Å². The van der Waals surface area contributed by atoms with Crippen molar-refractivity contribution in [2.24, 2.45) is 0 Å². The van der Waals surface area contributed by atoms with E-state index in [9.17, 15) is 9.59 Å². The van der Waals surface area contributed by atoms with Gasteiger partial charge in [0.2, 0.25) is 5.91 Å². The van der Waals surface area contributed by atoms with Crippen LogP contribution in [0.25, 0.3) is 16.6 Å². The van der Waals surface area contributed by atoms with Crippen LogP contribution in [0.4, 0.5) is 0 Å². The zero-order valence-electron chi connectivity index (χ0n) is 21.9. The van der Waals surface area contributed by atoms with Crippen LogP contribution >= 0.6 is 0 Å². The highest BCUT2D eigenvalue weighted by Crippen LogP contribution is 2.27. The van der Waals surface area contributed by atoms with Gasteiger partial charge in [-0.2, -0.15) is 0 Å². The van der Waals surface area contributed by atoms with Crippen molar-refractivity contribution in [2.75, 3.05) is 20.3 Å². The summed E-state index contributed by atoms with van der Waals surface area (Å²) in [6.45, 7) is 4.95. The van der Waals surface area contributed by atoms with Crippen molar-refractivity contribution in [1.29, 1.82) is 0 Å². The van der Waals surface area contributed by atoms with E-state index in [4.69, 9.17) is 9.72 Å². The Bertz CT molecular complexity index is 1380. The first-order valence-electron chi connectivity index (χ1n) is 13.0. The maximum absolute atomic E-state index is 13.8. The molecule has 192 valence electrons. The van der Waals surface area contributed by atoms with E-state index in [-0.39, 0.29) is 17.5 Å². The average molecular weight is 498 g/mol. The van der Waals surface area contributed by atoms with E-state index in [1.165, 1.54) is 5.56 Å². The number of methoxy groups -OCH3 is 1. The molecule has 0 spiro atoms. The van der Waals surface area contributed by atoms with Crippen molar-refractivity contribution < 1.29 is 9.53 Å². The molecule has 0 N–H and O–H groups in total. The highest BCUT2D eigenvalue weighted by Gasteiger charge is 2.28. The van der Waals surface area contributed by atoms with Crippen molar-refractivity contribution in [1.82, 2.24) is 14.5 Å². The Morgan fingerprint density at radius 1 is 0.946 bits per heavy atom. The average Bonchev–Trinajstić information content (AvgIpc) is 2.94. The predicted octanol–water partition coefficient (Wildman–Crippen LogP) is 5.51. The van der Waals surface area contributed by atoms with Gasteiger partial charge in [-0.1, -0.05) is 68.4 Å². The Morgan fingerprint density at radius 3 is 2.32 bits per heavy atom. The number of para-hydroxylation sites is 1. The molecule has 37 heavy (non-hydrogen) atoms. The minimum absolute atomic E-state index is 0.0167. The maximum atomic E-state index is 13.8. The standard InChI is InChI=1S/C31H35N3O3/c1-4-23-15-18-25(19-16-23)34-30(32-27-14-10-9-13-26(27)31(34)36)28(5-2)33(21-22-37-3)29(35)20-17-24-11-7-6-8-12-24/h6-16,18-19,28H,4-5,17,20-22H2,1-3H3. The van der Waals surface area contributed by atoms with E-state index < -0.39 is 0 Å². The van der Waals surface area contributed by atoms with Crippen LogP contribution in [0.5, 0.6) is 0 Å². The van der Waals surface area contributed by atoms with Crippen LogP contribution in [0.15, 0.2) is 83.7 Å². The van der Waals surface area contributed by atoms with Crippen molar-refractivity contribution in [3.8, 4) is 5.69 Å². The Hall–Kier alpha value is -3.77. The van der Waals surface area contributed by atoms with Crippen LogP contribution < -0.4 is 5.56 Å². The number of hydrogen-bond acceptors (Lipinski definition) is 4. The van der Waals surface area contributed by atoms with Crippen LogP contribution in [0, 0.1) is 0 Å². The molecule has 4 aromatic rings. The van der Waals surface area contributed by atoms with Crippen LogP contribution in [0.2, 0.25) is 0 Å². The molecule has 1 amide bonds. The summed E-state index contributed by atoms with van der Waals surface area (Å²) in [5.74, 6) is 0.586. The number of aromatic nitrogens is 2. The Labute approximate surface area is 218 Å². The molecule has 0 aliphatic heterocycles. The molecule has 0 radical (unpaired) electrons. The van der Waals surface area contributed by atoms with E-state index >= 15 is 0 Å². The second-order valence-corrected chi connectivity index (χ2v) is 9.14. The van der Waals surface area contributed by atoms with Gasteiger partial charge < -0.3 is 9.64 Å². The van der Waals surface area contributed by atoms with Crippen LogP contribution in [-0.4, -0.2) is 40.6 Å². The first kappa shape index (κ1) is 26.3. The fourth-order valence-electron chi connectivity index (χ4n) is 4.73. The first-order valence-corrected chi connectivity index (χ1v) is 13.0. The minimum atomic E-state index is -0.387. The van der Waals surface area contributed by atoms with Gasteiger partial charge in [0.1, 0.15) is 5.82 Å². The lowest BCUT2D eigenvalue weighted by Gasteiger charge is -2.32. The molecule has 0 aliphatic carbocycles. The number of rotatable bonds is 11. The SMILES string of the molecule is CCc1ccc(-n2c(C(CC)N(CCOC)C(=O)CCc3ccccc3)nc3ccccc3c2=O)cc1. The minimum Gasteiger partial charge on any atom is -0.383 e. The Kier molecular flexibility index (Phi) is 8.86. The summed E-state index contributed by atoms with van der Waals surface area (Å²) in [5.41, 5.74) is 3.55. The van der Waals surface area contributed by atoms with E-state index in [2.05, 4.69) is 6.92 Å². The summed E-state index contributed by atoms with van der Waals surface area (Å²) in [6, 6.07) is 25.0. The quantitative estimate of drug-likeness (QED) is 0.274. The normalized spacial score (nSPS) is 12.0. The van der Waals surface area contributed by atoms with Gasteiger partial charge in [0.15, 0.2) is 0 Å². The van der Waals surface area contributed by atoms with Gasteiger partial charge in [-0.3, -0.25) is 14.2 Å². The first-order chi connectivity index (χ1) is 18.1. The third-order valence-corrected chi connectivity index (χ3v) is 6.79. The summed E-state index contributed by atoms with van der Waals surface area (Å²) in [6.07, 6.45) is 2.54. The molecule has 1 aromatic heterocycles. The molecule has 0 aliphatic rings. The molecule has 0 saturated heterocycles. The van der Waals surface area contributed by atoms with E-state index in [0.29, 0.717) is 49.1 Å². The van der Waals surface area contributed by atoms with Crippen LogP contribution in [0.1, 0.15) is 49.7 Å². The van der Waals surface area contributed by atoms with Gasteiger partial charge >= 0.3 is 0 Å². The number of fused-ring (bicyclic) bond motifs is 1. The molecule has 6 nitrogen and oxygen atoms in total. The largest absolute Gasteiger partial charge is 0.383 e. The molecule has 1 atom stereocenters. The lowest BCUT2D eigenvalue weighted by molar-refractivity contribution is -0.134. The molecule has 0 saturated carbocycles. The lowest BCUT2D eigenvalue weighted by atomic mass is 10.1. The molecule has 4 rings (SSSR count). The number of benzene rings is 3. The summed E-state index contributed by atoms with van der Waals surface area (Å²) in [7, 11) is 1.63. The second kappa shape index (κ2) is 12.5. The lowest BCUT2D eigenvalue weighted by Crippen LogP contribution is -2.40. The fraction of sp³-hybridized carbons (Fsp3) is 0.323. The highest BCUT2D eigenvalue weighted by atomic mass is 16.5. The molecular formula is C31H35N3O3. The topological polar surface area (TPSA) is 64.4 Å². The van der Waals surface area contributed by atoms with Crippen molar-refractivity contribution in [3.63, 3.8) is 0 Å². The Morgan fingerprint density at radius 2 is 1.65 bits per heavy atom. The zero-order chi connectivity index (χ0) is 26.2. The smallest absolute Gasteiger partial charge is 0.266 e. The molecule has 0 fully saturated rings. The number of ether oxygens (including phenoxy) is 1. The Balaban J connectivity index is 1.80. The van der Waals surface area contributed by atoms with Gasteiger partial charge in [-0.25, -0.2) is 4.98 Å². The highest BCUT2D eigenvalue weighted by molar-refractivity contribution is 5.79. The maximum Gasteiger partial charge on any atom is 0.266 e. The van der Waals surface area contributed by atoms with Gasteiger partial charge in [-0.15, -0.1) is 0 Å². The molecule has 1 unspecified atom stereocenters. The second-order valence-electron chi connectivity index (χ2n) is 9.14. The van der Waals surface area contributed by atoms with Gasteiger partial charge in [0.25, 0.3) is 5.56 Å². The monoisotopic (exact) mass is 497 g/mol. The molecule has 3 aromatic carbocycles. The summed E-state index contributed by atoms with van der Waals surface area (Å²) in [5, 5.41) is 0.555. The molecule has 1 heterocycles. The number of carbonyl (C=O) groups is 1. The number of nitrogens with zero attached hydrogens (tertiary/aromatic N) is 3. The van der Waals surface area contributed by atoms with Gasteiger partial charge in [0, 0.05) is 20.1 Å². The molecule has 0 bridgehead atoms. The predicted molar refractivity (Wildman–Crippen MR) is 148 cm³/mol. The van der Waals surface area contributed by atoms with Crippen LogP contribution in [0.3, 0.4) is 0 Å². The summed E-state index contributed by atoms with van der Waals surface area (Å²) >= 11 is 0. The number of hydrogen-bond donors (Lipinski definition) is 0. The fourth-order valence-corrected chi connectivity index (χ4v) is 4.73. The van der Waals surface area contributed by atoms with Gasteiger partial charge in [-0.05, 0) is 54.7 Å². The third kappa shape index (κ3) is 5.97. The summed E-state index contributed by atoms with van der Waals surface area (Å²) < 4.78 is 7.05. The van der Waals surface area contributed by atoms with Crippen molar-refractivity contribution in [2.45, 2.75) is 45.6 Å². The number of carbonyl (C=O) groups excluding carboxylic acids is 1. The molecular weight excluding hydrogens is 462 g/mol. The van der Waals surface area contributed by atoms with E-state index in [0.717, 1.165) is 17.7 Å². The van der Waals surface area contributed by atoms with E-state index in [1.807, 2.05) is 84.6 Å². The zero-order valence-corrected chi connectivity index (χ0v) is 21.9. The number of aryl methyl sites for hydroxylation is 2. The van der Waals surface area contributed by atoms with Crippen LogP contribution in [-0.2, 0) is 22.4 Å². The van der Waals surface area contributed by atoms with E-state index in [1.54, 1.807) is 17.7 Å².